The predicted octanol–water partition coefficient (Wildman–Crippen LogP) is 2.76. The third kappa shape index (κ3) is 5.33. The van der Waals surface area contributed by atoms with Gasteiger partial charge in [-0.25, -0.2) is 0 Å². The van der Waals surface area contributed by atoms with Crippen LogP contribution >= 0.6 is 11.3 Å². The number of rotatable bonds is 7. The van der Waals surface area contributed by atoms with Crippen molar-refractivity contribution in [3.05, 3.63) is 21.9 Å². The van der Waals surface area contributed by atoms with E-state index in [9.17, 15) is 4.79 Å². The molecule has 0 saturated heterocycles. The second kappa shape index (κ2) is 6.77. The van der Waals surface area contributed by atoms with Gasteiger partial charge in [-0.1, -0.05) is 20.8 Å². The van der Waals surface area contributed by atoms with Crippen LogP contribution in [-0.4, -0.2) is 17.6 Å². The Morgan fingerprint density at radius 3 is 2.59 bits per heavy atom. The zero-order valence-corrected chi connectivity index (χ0v) is 11.5. The summed E-state index contributed by atoms with van der Waals surface area (Å²) >= 11 is 1.58. The van der Waals surface area contributed by atoms with Crippen LogP contribution in [0.25, 0.3) is 0 Å². The Morgan fingerprint density at radius 2 is 2.00 bits per heavy atom. The average molecular weight is 255 g/mol. The minimum Gasteiger partial charge on any atom is -0.481 e. The fourth-order valence-corrected chi connectivity index (χ4v) is 2.40. The van der Waals surface area contributed by atoms with Gasteiger partial charge >= 0.3 is 5.97 Å². The number of carbonyl (C=O) groups is 1. The molecule has 3 nitrogen and oxygen atoms in total. The predicted molar refractivity (Wildman–Crippen MR) is 71.4 cm³/mol. The van der Waals surface area contributed by atoms with Crippen molar-refractivity contribution in [2.75, 3.05) is 6.54 Å². The summed E-state index contributed by atoms with van der Waals surface area (Å²) in [5, 5.41) is 12.1. The molecule has 2 N–H and O–H groups in total. The van der Waals surface area contributed by atoms with E-state index in [1.54, 1.807) is 11.3 Å². The Labute approximate surface area is 107 Å². The second-order valence-corrected chi connectivity index (χ2v) is 6.04. The molecule has 1 rings (SSSR count). The zero-order valence-electron chi connectivity index (χ0n) is 10.7. The number of carboxylic acids is 1. The fraction of sp³-hybridized carbons (Fsp3) is 0.615. The lowest BCUT2D eigenvalue weighted by Crippen LogP contribution is -2.23. The van der Waals surface area contributed by atoms with Crippen LogP contribution in [0.2, 0.25) is 0 Å². The van der Waals surface area contributed by atoms with Gasteiger partial charge in [0, 0.05) is 16.3 Å². The standard InChI is InChI=1S/C13H21NO2S/c1-9(2)10(3)7-14-8-12-5-4-11(17-12)6-13(15)16/h4-5,9-10,14H,6-8H2,1-3H3,(H,15,16). The van der Waals surface area contributed by atoms with E-state index in [1.807, 2.05) is 12.1 Å². The maximum atomic E-state index is 10.5. The van der Waals surface area contributed by atoms with Crippen molar-refractivity contribution in [1.82, 2.24) is 5.32 Å². The first-order valence-electron chi connectivity index (χ1n) is 5.99. The van der Waals surface area contributed by atoms with Crippen LogP contribution in [0.3, 0.4) is 0 Å². The number of thiophene rings is 1. The number of hydrogen-bond acceptors (Lipinski definition) is 3. The molecule has 4 heteroatoms. The van der Waals surface area contributed by atoms with Crippen LogP contribution in [0, 0.1) is 11.8 Å². The van der Waals surface area contributed by atoms with Crippen LogP contribution in [0.5, 0.6) is 0 Å². The van der Waals surface area contributed by atoms with Gasteiger partial charge in [0.05, 0.1) is 6.42 Å². The molecular formula is C13H21NO2S. The maximum absolute atomic E-state index is 10.5. The lowest BCUT2D eigenvalue weighted by Gasteiger charge is -2.15. The third-order valence-electron chi connectivity index (χ3n) is 2.95. The van der Waals surface area contributed by atoms with Gasteiger partial charge in [0.1, 0.15) is 0 Å². The topological polar surface area (TPSA) is 49.3 Å². The molecule has 0 spiro atoms. The normalized spacial score (nSPS) is 12.9. The molecule has 1 heterocycles. The van der Waals surface area contributed by atoms with E-state index >= 15 is 0 Å². The maximum Gasteiger partial charge on any atom is 0.308 e. The smallest absolute Gasteiger partial charge is 0.308 e. The van der Waals surface area contributed by atoms with E-state index in [1.165, 1.54) is 4.88 Å². The molecular weight excluding hydrogens is 234 g/mol. The molecule has 0 aliphatic carbocycles. The van der Waals surface area contributed by atoms with Crippen LogP contribution < -0.4 is 5.32 Å². The van der Waals surface area contributed by atoms with Gasteiger partial charge < -0.3 is 10.4 Å². The Morgan fingerprint density at radius 1 is 1.35 bits per heavy atom. The van der Waals surface area contributed by atoms with Gasteiger partial charge in [0.25, 0.3) is 0 Å². The number of hydrogen-bond donors (Lipinski definition) is 2. The molecule has 0 bridgehead atoms. The molecule has 0 fully saturated rings. The quantitative estimate of drug-likeness (QED) is 0.787. The van der Waals surface area contributed by atoms with E-state index in [4.69, 9.17) is 5.11 Å². The summed E-state index contributed by atoms with van der Waals surface area (Å²) < 4.78 is 0. The largest absolute Gasteiger partial charge is 0.481 e. The Hall–Kier alpha value is -0.870. The summed E-state index contributed by atoms with van der Waals surface area (Å²) in [6, 6.07) is 3.91. The highest BCUT2D eigenvalue weighted by atomic mass is 32.1. The number of carboxylic acid groups (broad SMARTS) is 1. The SMILES string of the molecule is CC(C)C(C)CNCc1ccc(CC(=O)O)s1. The highest BCUT2D eigenvalue weighted by Crippen LogP contribution is 2.17. The highest BCUT2D eigenvalue weighted by Gasteiger charge is 2.07. The van der Waals surface area contributed by atoms with Crippen molar-refractivity contribution in [1.29, 1.82) is 0 Å². The molecule has 1 aromatic heterocycles. The minimum absolute atomic E-state index is 0.132. The Kier molecular flexibility index (Phi) is 5.65. The molecule has 0 aliphatic heterocycles. The van der Waals surface area contributed by atoms with Crippen molar-refractivity contribution < 1.29 is 9.90 Å². The summed E-state index contributed by atoms with van der Waals surface area (Å²) in [7, 11) is 0. The Bertz CT molecular complexity index is 360. The van der Waals surface area contributed by atoms with Crippen molar-refractivity contribution in [2.24, 2.45) is 11.8 Å². The molecule has 0 radical (unpaired) electrons. The van der Waals surface area contributed by atoms with E-state index in [0.717, 1.165) is 18.0 Å². The van der Waals surface area contributed by atoms with Crippen LogP contribution in [0.4, 0.5) is 0 Å². The van der Waals surface area contributed by atoms with Gasteiger partial charge in [-0.3, -0.25) is 4.79 Å². The molecule has 0 amide bonds. The Balaban J connectivity index is 2.32. The molecule has 0 aromatic carbocycles. The molecule has 0 aliphatic rings. The monoisotopic (exact) mass is 255 g/mol. The van der Waals surface area contributed by atoms with Crippen molar-refractivity contribution in [2.45, 2.75) is 33.7 Å². The average Bonchev–Trinajstić information content (AvgIpc) is 2.64. The van der Waals surface area contributed by atoms with Gasteiger partial charge in [-0.05, 0) is 30.5 Å². The minimum atomic E-state index is -0.764. The van der Waals surface area contributed by atoms with Crippen LogP contribution in [-0.2, 0) is 17.8 Å². The van der Waals surface area contributed by atoms with E-state index in [-0.39, 0.29) is 6.42 Å². The van der Waals surface area contributed by atoms with E-state index in [0.29, 0.717) is 11.8 Å². The van der Waals surface area contributed by atoms with Gasteiger partial charge in [-0.2, -0.15) is 0 Å². The summed E-state index contributed by atoms with van der Waals surface area (Å²) in [6.45, 7) is 8.53. The lowest BCUT2D eigenvalue weighted by molar-refractivity contribution is -0.136. The van der Waals surface area contributed by atoms with E-state index < -0.39 is 5.97 Å². The molecule has 1 atom stereocenters. The summed E-state index contributed by atoms with van der Waals surface area (Å²) in [5.41, 5.74) is 0. The summed E-state index contributed by atoms with van der Waals surface area (Å²) in [5.74, 6) is 0.585. The number of nitrogens with one attached hydrogen (secondary N) is 1. The summed E-state index contributed by atoms with van der Waals surface area (Å²) in [6.07, 6.45) is 0.132. The molecule has 96 valence electrons. The number of aliphatic carboxylic acids is 1. The lowest BCUT2D eigenvalue weighted by atomic mass is 9.98. The van der Waals surface area contributed by atoms with E-state index in [2.05, 4.69) is 26.1 Å². The van der Waals surface area contributed by atoms with Crippen LogP contribution in [0.1, 0.15) is 30.5 Å². The zero-order chi connectivity index (χ0) is 12.8. The van der Waals surface area contributed by atoms with Gasteiger partial charge in [0.15, 0.2) is 0 Å². The molecule has 1 unspecified atom stereocenters. The first kappa shape index (κ1) is 14.2. The molecule has 17 heavy (non-hydrogen) atoms. The molecule has 1 aromatic rings. The second-order valence-electron chi connectivity index (χ2n) is 4.79. The van der Waals surface area contributed by atoms with Gasteiger partial charge in [0.2, 0.25) is 0 Å². The third-order valence-corrected chi connectivity index (χ3v) is 4.03. The molecule has 0 saturated carbocycles. The summed E-state index contributed by atoms with van der Waals surface area (Å²) in [4.78, 5) is 12.7. The first-order chi connectivity index (χ1) is 7.99. The van der Waals surface area contributed by atoms with Crippen LogP contribution in [0.15, 0.2) is 12.1 Å². The fourth-order valence-electron chi connectivity index (χ4n) is 1.42. The van der Waals surface area contributed by atoms with Gasteiger partial charge in [-0.15, -0.1) is 11.3 Å². The first-order valence-corrected chi connectivity index (χ1v) is 6.80. The highest BCUT2D eigenvalue weighted by molar-refractivity contribution is 7.12. The van der Waals surface area contributed by atoms with Crippen molar-refractivity contribution in [3.63, 3.8) is 0 Å². The van der Waals surface area contributed by atoms with Crippen molar-refractivity contribution >= 4 is 17.3 Å². The van der Waals surface area contributed by atoms with Crippen molar-refractivity contribution in [3.8, 4) is 0 Å².